The average molecular weight is 354 g/mol. The molecule has 2 saturated heterocycles. The quantitative estimate of drug-likeness (QED) is 0.629. The standard InChI is InChI=1S/C22H28P2/c1-3-7-21(8-4-1)23-15-13-19(17-23)11-12-20-14-16-24(18-20)22-9-5-2-6-10-22/h1-10,19-20H,11-18H2. The summed E-state index contributed by atoms with van der Waals surface area (Å²) >= 11 is 0. The lowest BCUT2D eigenvalue weighted by Gasteiger charge is -2.15. The van der Waals surface area contributed by atoms with E-state index in [1.54, 1.807) is 10.6 Å². The van der Waals surface area contributed by atoms with Crippen molar-refractivity contribution in [3.63, 3.8) is 0 Å². The van der Waals surface area contributed by atoms with Gasteiger partial charge < -0.3 is 0 Å². The minimum atomic E-state index is 0.156. The Balaban J connectivity index is 1.24. The zero-order valence-corrected chi connectivity index (χ0v) is 16.3. The van der Waals surface area contributed by atoms with Crippen molar-refractivity contribution in [2.45, 2.75) is 25.7 Å². The lowest BCUT2D eigenvalue weighted by Crippen LogP contribution is -2.07. The van der Waals surface area contributed by atoms with Crippen molar-refractivity contribution in [3.05, 3.63) is 60.7 Å². The second kappa shape index (κ2) is 8.12. The molecule has 4 rings (SSSR count). The van der Waals surface area contributed by atoms with E-state index in [2.05, 4.69) is 60.7 Å². The first-order valence-electron chi connectivity index (χ1n) is 9.48. The third-order valence-electron chi connectivity index (χ3n) is 5.80. The Morgan fingerprint density at radius 3 is 1.46 bits per heavy atom. The van der Waals surface area contributed by atoms with Crippen LogP contribution in [0, 0.1) is 11.8 Å². The molecular formula is C22H28P2. The van der Waals surface area contributed by atoms with Gasteiger partial charge in [-0.05, 0) is 72.8 Å². The number of benzene rings is 2. The molecule has 0 spiro atoms. The van der Waals surface area contributed by atoms with E-state index in [-0.39, 0.29) is 15.8 Å². The van der Waals surface area contributed by atoms with Crippen LogP contribution in [0.2, 0.25) is 0 Å². The summed E-state index contributed by atoms with van der Waals surface area (Å²) < 4.78 is 0. The van der Waals surface area contributed by atoms with Crippen molar-refractivity contribution in [2.24, 2.45) is 11.8 Å². The Bertz CT molecular complexity index is 567. The van der Waals surface area contributed by atoms with Gasteiger partial charge in [0.05, 0.1) is 0 Å². The fourth-order valence-electron chi connectivity index (χ4n) is 4.35. The molecule has 2 heterocycles. The maximum absolute atomic E-state index is 2.36. The molecule has 0 amide bonds. The van der Waals surface area contributed by atoms with Gasteiger partial charge in [0.2, 0.25) is 0 Å². The molecule has 2 aliphatic rings. The predicted molar refractivity (Wildman–Crippen MR) is 111 cm³/mol. The van der Waals surface area contributed by atoms with Crippen LogP contribution in [0.1, 0.15) is 25.7 Å². The SMILES string of the molecule is c1ccc(P2CCC(CCC3CCP(c4ccccc4)C3)C2)cc1. The highest BCUT2D eigenvalue weighted by Crippen LogP contribution is 2.49. The van der Waals surface area contributed by atoms with E-state index in [0.717, 1.165) is 11.8 Å². The first-order chi connectivity index (χ1) is 11.9. The van der Waals surface area contributed by atoms with E-state index in [9.17, 15) is 0 Å². The Morgan fingerprint density at radius 1 is 0.625 bits per heavy atom. The zero-order chi connectivity index (χ0) is 16.2. The summed E-state index contributed by atoms with van der Waals surface area (Å²) in [6.45, 7) is 0. The van der Waals surface area contributed by atoms with Gasteiger partial charge in [-0.25, -0.2) is 0 Å². The van der Waals surface area contributed by atoms with Crippen molar-refractivity contribution in [1.29, 1.82) is 0 Å². The number of rotatable bonds is 5. The van der Waals surface area contributed by atoms with Gasteiger partial charge in [0, 0.05) is 0 Å². The summed E-state index contributed by atoms with van der Waals surface area (Å²) in [4.78, 5) is 0. The number of hydrogen-bond donors (Lipinski definition) is 0. The van der Waals surface area contributed by atoms with Gasteiger partial charge in [-0.3, -0.25) is 0 Å². The van der Waals surface area contributed by atoms with E-state index in [1.807, 2.05) is 0 Å². The Morgan fingerprint density at radius 2 is 1.04 bits per heavy atom. The van der Waals surface area contributed by atoms with Crippen LogP contribution in [0.5, 0.6) is 0 Å². The van der Waals surface area contributed by atoms with Crippen LogP contribution in [0.4, 0.5) is 0 Å². The minimum absolute atomic E-state index is 0.156. The maximum atomic E-state index is 2.36. The lowest BCUT2D eigenvalue weighted by molar-refractivity contribution is 0.442. The molecular weight excluding hydrogens is 326 g/mol. The highest BCUT2D eigenvalue weighted by atomic mass is 31.1. The lowest BCUT2D eigenvalue weighted by atomic mass is 9.95. The Labute approximate surface area is 149 Å². The normalized spacial score (nSPS) is 29.8. The maximum Gasteiger partial charge on any atom is -0.0240 e. The van der Waals surface area contributed by atoms with E-state index >= 15 is 0 Å². The summed E-state index contributed by atoms with van der Waals surface area (Å²) in [6, 6.07) is 22.6. The van der Waals surface area contributed by atoms with Crippen LogP contribution >= 0.6 is 15.8 Å². The first kappa shape index (κ1) is 16.8. The third-order valence-corrected chi connectivity index (χ3v) is 11.4. The molecule has 0 aliphatic carbocycles. The summed E-state index contributed by atoms with van der Waals surface area (Å²) in [6.07, 6.45) is 11.9. The van der Waals surface area contributed by atoms with Crippen LogP contribution < -0.4 is 10.6 Å². The van der Waals surface area contributed by atoms with Crippen LogP contribution in [-0.4, -0.2) is 24.6 Å². The van der Waals surface area contributed by atoms with Gasteiger partial charge in [0.25, 0.3) is 0 Å². The molecule has 2 heteroatoms. The van der Waals surface area contributed by atoms with E-state index in [0.29, 0.717) is 0 Å². The van der Waals surface area contributed by atoms with Crippen molar-refractivity contribution in [2.75, 3.05) is 24.6 Å². The van der Waals surface area contributed by atoms with Gasteiger partial charge in [-0.15, -0.1) is 0 Å². The largest absolute Gasteiger partial charge is 0.0750 e. The molecule has 0 aromatic heterocycles. The highest BCUT2D eigenvalue weighted by Gasteiger charge is 2.29. The Hall–Kier alpha value is -0.700. The molecule has 126 valence electrons. The summed E-state index contributed by atoms with van der Waals surface area (Å²) in [5, 5.41) is 3.28. The zero-order valence-electron chi connectivity index (χ0n) is 14.5. The second-order valence-corrected chi connectivity index (χ2v) is 12.3. The topological polar surface area (TPSA) is 0 Å². The predicted octanol–water partition coefficient (Wildman–Crippen LogP) is 5.42. The fourth-order valence-corrected chi connectivity index (χ4v) is 10.2. The minimum Gasteiger partial charge on any atom is -0.0750 e. The van der Waals surface area contributed by atoms with Gasteiger partial charge in [0.15, 0.2) is 0 Å². The van der Waals surface area contributed by atoms with Crippen molar-refractivity contribution in [1.82, 2.24) is 0 Å². The van der Waals surface area contributed by atoms with Gasteiger partial charge in [0.1, 0.15) is 0 Å². The molecule has 2 fully saturated rings. The molecule has 0 N–H and O–H groups in total. The van der Waals surface area contributed by atoms with Crippen LogP contribution in [0.3, 0.4) is 0 Å². The molecule has 4 atom stereocenters. The monoisotopic (exact) mass is 354 g/mol. The molecule has 2 aromatic rings. The van der Waals surface area contributed by atoms with Crippen molar-refractivity contribution < 1.29 is 0 Å². The molecule has 2 aromatic carbocycles. The molecule has 2 aliphatic heterocycles. The van der Waals surface area contributed by atoms with Crippen LogP contribution in [0.15, 0.2) is 60.7 Å². The van der Waals surface area contributed by atoms with Gasteiger partial charge in [-0.1, -0.05) is 76.5 Å². The molecule has 0 saturated carbocycles. The van der Waals surface area contributed by atoms with Gasteiger partial charge >= 0.3 is 0 Å². The summed E-state index contributed by atoms with van der Waals surface area (Å²) in [7, 11) is 0.312. The number of hydrogen-bond acceptors (Lipinski definition) is 0. The second-order valence-electron chi connectivity index (χ2n) is 7.45. The molecule has 0 radical (unpaired) electrons. The highest BCUT2D eigenvalue weighted by molar-refractivity contribution is 7.66. The van der Waals surface area contributed by atoms with E-state index < -0.39 is 0 Å². The summed E-state index contributed by atoms with van der Waals surface area (Å²) in [5.74, 6) is 2.03. The van der Waals surface area contributed by atoms with E-state index in [4.69, 9.17) is 0 Å². The molecule has 24 heavy (non-hydrogen) atoms. The summed E-state index contributed by atoms with van der Waals surface area (Å²) in [5.41, 5.74) is 0. The Kier molecular flexibility index (Phi) is 5.67. The average Bonchev–Trinajstić information content (AvgIpc) is 3.31. The molecule has 0 nitrogen and oxygen atoms in total. The first-order valence-corrected chi connectivity index (χ1v) is 12.9. The fraction of sp³-hybridized carbons (Fsp3) is 0.455. The van der Waals surface area contributed by atoms with Crippen molar-refractivity contribution >= 4 is 26.5 Å². The van der Waals surface area contributed by atoms with Crippen LogP contribution in [-0.2, 0) is 0 Å². The molecule has 0 bridgehead atoms. The van der Waals surface area contributed by atoms with E-state index in [1.165, 1.54) is 50.3 Å². The molecule has 4 unspecified atom stereocenters. The third kappa shape index (κ3) is 4.09. The van der Waals surface area contributed by atoms with Gasteiger partial charge in [-0.2, -0.15) is 0 Å². The smallest absolute Gasteiger partial charge is 0.0240 e. The van der Waals surface area contributed by atoms with Crippen molar-refractivity contribution in [3.8, 4) is 0 Å². The van der Waals surface area contributed by atoms with Crippen LogP contribution in [0.25, 0.3) is 0 Å².